The van der Waals surface area contributed by atoms with Crippen molar-refractivity contribution < 1.29 is 9.90 Å². The van der Waals surface area contributed by atoms with Gasteiger partial charge in [0.05, 0.1) is 5.69 Å². The highest BCUT2D eigenvalue weighted by Crippen LogP contribution is 2.14. The molecular formula is C9H14N2O2. The van der Waals surface area contributed by atoms with E-state index in [1.165, 1.54) is 0 Å². The number of aromatic nitrogens is 1. The van der Waals surface area contributed by atoms with Crippen LogP contribution < -0.4 is 5.32 Å². The van der Waals surface area contributed by atoms with Gasteiger partial charge in [-0.1, -0.05) is 0 Å². The highest BCUT2D eigenvalue weighted by atomic mass is 16.3. The zero-order valence-corrected chi connectivity index (χ0v) is 7.74. The van der Waals surface area contributed by atoms with Gasteiger partial charge in [-0.2, -0.15) is 0 Å². The largest absolute Gasteiger partial charge is 0.385 e. The van der Waals surface area contributed by atoms with Gasteiger partial charge in [-0.3, -0.25) is 4.79 Å². The molecule has 0 bridgehead atoms. The smallest absolute Gasteiger partial charge is 0.166 e. The summed E-state index contributed by atoms with van der Waals surface area (Å²) in [6.07, 6.45) is 0.110. The molecule has 1 aromatic heterocycles. The first-order valence-electron chi connectivity index (χ1n) is 4.18. The third-order valence-corrected chi connectivity index (χ3v) is 2.11. The van der Waals surface area contributed by atoms with Gasteiger partial charge in [0.1, 0.15) is 6.10 Å². The molecule has 4 heteroatoms. The molecule has 0 saturated carbocycles. The van der Waals surface area contributed by atoms with Crippen molar-refractivity contribution in [1.29, 1.82) is 0 Å². The molecule has 72 valence electrons. The average molecular weight is 182 g/mol. The van der Waals surface area contributed by atoms with Gasteiger partial charge in [0.2, 0.25) is 0 Å². The van der Waals surface area contributed by atoms with Gasteiger partial charge >= 0.3 is 0 Å². The van der Waals surface area contributed by atoms with Gasteiger partial charge in [0, 0.05) is 11.7 Å². The number of aliphatic hydroxyl groups excluding tert-OH is 1. The van der Waals surface area contributed by atoms with Crippen LogP contribution in [-0.4, -0.2) is 29.5 Å². The zero-order valence-electron chi connectivity index (χ0n) is 7.74. The van der Waals surface area contributed by atoms with E-state index >= 15 is 0 Å². The summed E-state index contributed by atoms with van der Waals surface area (Å²) >= 11 is 0. The number of rotatable bonds is 4. The quantitative estimate of drug-likeness (QED) is 0.593. The second-order valence-corrected chi connectivity index (χ2v) is 3.01. The number of nitrogens with one attached hydrogen (secondary N) is 2. The van der Waals surface area contributed by atoms with Crippen LogP contribution in [-0.2, 0) is 0 Å². The zero-order chi connectivity index (χ0) is 9.84. The predicted molar refractivity (Wildman–Crippen MR) is 49.7 cm³/mol. The summed E-state index contributed by atoms with van der Waals surface area (Å²) in [6.45, 7) is 1.87. The van der Waals surface area contributed by atoms with Crippen LogP contribution in [0, 0.1) is 0 Å². The lowest BCUT2D eigenvalue weighted by Gasteiger charge is -2.16. The van der Waals surface area contributed by atoms with Crippen LogP contribution in [0.25, 0.3) is 0 Å². The number of hydrogen-bond donors (Lipinski definition) is 3. The van der Waals surface area contributed by atoms with E-state index in [-0.39, 0.29) is 6.04 Å². The second kappa shape index (κ2) is 4.20. The Hall–Kier alpha value is -1.13. The molecule has 13 heavy (non-hydrogen) atoms. The molecule has 1 aromatic rings. The van der Waals surface area contributed by atoms with E-state index in [2.05, 4.69) is 10.3 Å². The number of carbonyl (C=O) groups excluding carboxylic acids is 1. The molecule has 0 fully saturated rings. The summed E-state index contributed by atoms with van der Waals surface area (Å²) < 4.78 is 0. The monoisotopic (exact) mass is 182 g/mol. The van der Waals surface area contributed by atoms with Gasteiger partial charge in [-0.25, -0.2) is 0 Å². The first-order valence-corrected chi connectivity index (χ1v) is 4.18. The van der Waals surface area contributed by atoms with Crippen LogP contribution in [0.15, 0.2) is 12.1 Å². The topological polar surface area (TPSA) is 65.1 Å². The number of likely N-dealkylation sites (N-methyl/N-ethyl adjacent to an activating group) is 1. The summed E-state index contributed by atoms with van der Waals surface area (Å²) in [5, 5.41) is 12.6. The Morgan fingerprint density at radius 3 is 2.77 bits per heavy atom. The number of aliphatic hydroxyl groups is 1. The van der Waals surface area contributed by atoms with Crippen LogP contribution >= 0.6 is 0 Å². The van der Waals surface area contributed by atoms with Gasteiger partial charge < -0.3 is 15.4 Å². The van der Waals surface area contributed by atoms with E-state index in [4.69, 9.17) is 0 Å². The minimum Gasteiger partial charge on any atom is -0.385 e. The number of carbonyl (C=O) groups is 1. The molecule has 0 aliphatic carbocycles. The Balaban J connectivity index is 2.76. The summed E-state index contributed by atoms with van der Waals surface area (Å²) in [7, 11) is 1.78. The molecule has 2 atom stereocenters. The van der Waals surface area contributed by atoms with E-state index in [1.54, 1.807) is 19.2 Å². The lowest BCUT2D eigenvalue weighted by atomic mass is 10.1. The Morgan fingerprint density at radius 2 is 2.31 bits per heavy atom. The van der Waals surface area contributed by atoms with E-state index < -0.39 is 6.10 Å². The fraction of sp³-hybridized carbons (Fsp3) is 0.444. The minimum absolute atomic E-state index is 0.0434. The molecule has 1 rings (SSSR count). The first-order chi connectivity index (χ1) is 6.19. The highest BCUT2D eigenvalue weighted by molar-refractivity contribution is 5.72. The molecule has 0 aliphatic rings. The number of aldehydes is 1. The number of H-pyrrole nitrogens is 1. The van der Waals surface area contributed by atoms with Gasteiger partial charge in [0.25, 0.3) is 0 Å². The molecule has 1 heterocycles. The van der Waals surface area contributed by atoms with Crippen LogP contribution in [0.5, 0.6) is 0 Å². The lowest BCUT2D eigenvalue weighted by molar-refractivity contribution is 0.111. The van der Waals surface area contributed by atoms with Crippen LogP contribution in [0.3, 0.4) is 0 Å². The lowest BCUT2D eigenvalue weighted by Crippen LogP contribution is -2.28. The minimum atomic E-state index is -0.612. The molecule has 4 nitrogen and oxygen atoms in total. The Labute approximate surface area is 77.0 Å². The molecule has 0 saturated heterocycles. The van der Waals surface area contributed by atoms with Crippen LogP contribution in [0.4, 0.5) is 0 Å². The fourth-order valence-corrected chi connectivity index (χ4v) is 1.10. The van der Waals surface area contributed by atoms with E-state index in [0.29, 0.717) is 11.4 Å². The Morgan fingerprint density at radius 1 is 1.62 bits per heavy atom. The predicted octanol–water partition coefficient (Wildman–Crippen LogP) is 0.468. The first kappa shape index (κ1) is 9.95. The molecule has 0 amide bonds. The maximum atomic E-state index is 10.4. The third kappa shape index (κ3) is 2.17. The van der Waals surface area contributed by atoms with Crippen molar-refractivity contribution in [1.82, 2.24) is 10.3 Å². The molecule has 2 unspecified atom stereocenters. The van der Waals surface area contributed by atoms with Gasteiger partial charge in [0.15, 0.2) is 6.29 Å². The number of hydrogen-bond acceptors (Lipinski definition) is 3. The SMILES string of the molecule is CNC(C)C(O)c1ccc(C=O)[nH]1. The van der Waals surface area contributed by atoms with Crippen molar-refractivity contribution in [3.05, 3.63) is 23.5 Å². The highest BCUT2D eigenvalue weighted by Gasteiger charge is 2.15. The molecule has 0 radical (unpaired) electrons. The van der Waals surface area contributed by atoms with E-state index in [0.717, 1.165) is 6.29 Å². The third-order valence-electron chi connectivity index (χ3n) is 2.11. The number of aromatic amines is 1. The second-order valence-electron chi connectivity index (χ2n) is 3.01. The molecule has 0 spiro atoms. The maximum Gasteiger partial charge on any atom is 0.166 e. The molecule has 3 N–H and O–H groups in total. The van der Waals surface area contributed by atoms with Crippen molar-refractivity contribution in [2.75, 3.05) is 7.05 Å². The Kier molecular flexibility index (Phi) is 3.22. The van der Waals surface area contributed by atoms with Crippen molar-refractivity contribution in [3.8, 4) is 0 Å². The molecule has 0 aliphatic heterocycles. The average Bonchev–Trinajstić information content (AvgIpc) is 2.63. The normalized spacial score (nSPS) is 15.3. The van der Waals surface area contributed by atoms with E-state index in [9.17, 15) is 9.90 Å². The fourth-order valence-electron chi connectivity index (χ4n) is 1.10. The van der Waals surface area contributed by atoms with Crippen LogP contribution in [0.2, 0.25) is 0 Å². The van der Waals surface area contributed by atoms with Gasteiger partial charge in [-0.15, -0.1) is 0 Å². The maximum absolute atomic E-state index is 10.4. The summed E-state index contributed by atoms with van der Waals surface area (Å²) in [4.78, 5) is 13.2. The van der Waals surface area contributed by atoms with E-state index in [1.807, 2.05) is 6.92 Å². The Bertz CT molecular complexity index is 283. The summed E-state index contributed by atoms with van der Waals surface area (Å²) in [5.74, 6) is 0. The standard InChI is InChI=1S/C9H14N2O2/c1-6(10-2)9(13)8-4-3-7(5-12)11-8/h3-6,9-11,13H,1-2H3. The van der Waals surface area contributed by atoms with Crippen molar-refractivity contribution in [3.63, 3.8) is 0 Å². The van der Waals surface area contributed by atoms with Crippen molar-refractivity contribution in [2.24, 2.45) is 0 Å². The van der Waals surface area contributed by atoms with Gasteiger partial charge in [-0.05, 0) is 26.1 Å². The van der Waals surface area contributed by atoms with Crippen molar-refractivity contribution >= 4 is 6.29 Å². The molecular weight excluding hydrogens is 168 g/mol. The van der Waals surface area contributed by atoms with Crippen LogP contribution in [0.1, 0.15) is 29.2 Å². The summed E-state index contributed by atoms with van der Waals surface area (Å²) in [6, 6.07) is 3.31. The van der Waals surface area contributed by atoms with Crippen molar-refractivity contribution in [2.45, 2.75) is 19.1 Å². The summed E-state index contributed by atoms with van der Waals surface area (Å²) in [5.41, 5.74) is 1.14. The molecule has 0 aromatic carbocycles.